The van der Waals surface area contributed by atoms with Crippen LogP contribution in [0.5, 0.6) is 5.75 Å². The van der Waals surface area contributed by atoms with Crippen LogP contribution in [0.25, 0.3) is 0 Å². The number of rotatable bonds is 6. The first-order valence-electron chi connectivity index (χ1n) is 9.63. The van der Waals surface area contributed by atoms with Gasteiger partial charge in [-0.25, -0.2) is 0 Å². The van der Waals surface area contributed by atoms with Gasteiger partial charge in [-0.1, -0.05) is 27.5 Å². The number of nitrogens with zero attached hydrogens (tertiary/aromatic N) is 4. The van der Waals surface area contributed by atoms with Gasteiger partial charge in [0, 0.05) is 56.0 Å². The van der Waals surface area contributed by atoms with Crippen LogP contribution in [0.4, 0.5) is 0 Å². The molecule has 158 valence electrons. The standard InChI is InChI=1S/C21H22BrClN4O3/c1-25-12-15(11-24-25)13-26-6-8-27(9-7-26)21(28)20-5-3-17(30-20)14-29-19-4-2-16(22)10-18(19)23/h2-5,10-12H,6-9,13-14H2,1H3. The Balaban J connectivity index is 1.28. The third-order valence-corrected chi connectivity index (χ3v) is 5.75. The molecule has 0 aliphatic carbocycles. The predicted molar refractivity (Wildman–Crippen MR) is 117 cm³/mol. The van der Waals surface area contributed by atoms with Crippen molar-refractivity contribution in [3.05, 3.63) is 69.3 Å². The zero-order chi connectivity index (χ0) is 21.1. The maximum atomic E-state index is 12.8. The average molecular weight is 494 g/mol. The van der Waals surface area contributed by atoms with Crippen LogP contribution in [0.3, 0.4) is 0 Å². The Morgan fingerprint density at radius 1 is 1.23 bits per heavy atom. The number of halogens is 2. The van der Waals surface area contributed by atoms with Gasteiger partial charge in [0.1, 0.15) is 18.1 Å². The Bertz CT molecular complexity index is 1030. The highest BCUT2D eigenvalue weighted by Crippen LogP contribution is 2.28. The number of aryl methyl sites for hydroxylation is 1. The number of hydrogen-bond donors (Lipinski definition) is 0. The molecule has 1 fully saturated rings. The van der Waals surface area contributed by atoms with E-state index in [1.54, 1.807) is 28.9 Å². The molecule has 0 radical (unpaired) electrons. The molecule has 3 heterocycles. The van der Waals surface area contributed by atoms with Gasteiger partial charge < -0.3 is 14.1 Å². The lowest BCUT2D eigenvalue weighted by Crippen LogP contribution is -2.48. The molecule has 1 amide bonds. The Morgan fingerprint density at radius 3 is 2.73 bits per heavy atom. The van der Waals surface area contributed by atoms with Crippen LogP contribution in [-0.4, -0.2) is 51.7 Å². The number of ether oxygens (including phenoxy) is 1. The summed E-state index contributed by atoms with van der Waals surface area (Å²) in [5.41, 5.74) is 1.18. The second-order valence-electron chi connectivity index (χ2n) is 7.22. The molecule has 1 aliphatic rings. The second-order valence-corrected chi connectivity index (χ2v) is 8.54. The van der Waals surface area contributed by atoms with Crippen molar-refractivity contribution in [1.82, 2.24) is 19.6 Å². The first kappa shape index (κ1) is 21.0. The van der Waals surface area contributed by atoms with Crippen molar-refractivity contribution in [3.63, 3.8) is 0 Å². The number of carbonyl (C=O) groups is 1. The Labute approximate surface area is 188 Å². The lowest BCUT2D eigenvalue weighted by atomic mass is 10.2. The molecule has 7 nitrogen and oxygen atoms in total. The summed E-state index contributed by atoms with van der Waals surface area (Å²) in [5, 5.41) is 4.71. The molecule has 0 bridgehead atoms. The molecule has 30 heavy (non-hydrogen) atoms. The van der Waals surface area contributed by atoms with Crippen molar-refractivity contribution < 1.29 is 13.9 Å². The third-order valence-electron chi connectivity index (χ3n) is 4.96. The van der Waals surface area contributed by atoms with Gasteiger partial charge in [0.15, 0.2) is 5.76 Å². The fourth-order valence-electron chi connectivity index (χ4n) is 3.39. The summed E-state index contributed by atoms with van der Waals surface area (Å²) < 4.78 is 14.1. The molecule has 0 saturated carbocycles. The summed E-state index contributed by atoms with van der Waals surface area (Å²) in [6, 6.07) is 8.87. The minimum Gasteiger partial charge on any atom is -0.484 e. The van der Waals surface area contributed by atoms with Gasteiger partial charge >= 0.3 is 0 Å². The number of amides is 1. The molecular formula is C21H22BrClN4O3. The van der Waals surface area contributed by atoms with Crippen molar-refractivity contribution in [2.24, 2.45) is 7.05 Å². The van der Waals surface area contributed by atoms with Gasteiger partial charge in [-0.05, 0) is 30.3 Å². The summed E-state index contributed by atoms with van der Waals surface area (Å²) >= 11 is 9.52. The first-order chi connectivity index (χ1) is 14.5. The number of hydrogen-bond acceptors (Lipinski definition) is 5. The largest absolute Gasteiger partial charge is 0.484 e. The molecule has 0 N–H and O–H groups in total. The van der Waals surface area contributed by atoms with Gasteiger partial charge in [0.25, 0.3) is 5.91 Å². The normalized spacial score (nSPS) is 14.8. The molecule has 0 spiro atoms. The molecule has 0 unspecified atom stereocenters. The first-order valence-corrected chi connectivity index (χ1v) is 10.8. The van der Waals surface area contributed by atoms with Crippen LogP contribution in [0, 0.1) is 0 Å². The molecule has 4 rings (SSSR count). The maximum Gasteiger partial charge on any atom is 0.289 e. The van der Waals surface area contributed by atoms with Crippen LogP contribution in [0.15, 0.2) is 51.6 Å². The van der Waals surface area contributed by atoms with Crippen molar-refractivity contribution in [2.75, 3.05) is 26.2 Å². The zero-order valence-electron chi connectivity index (χ0n) is 16.6. The van der Waals surface area contributed by atoms with E-state index in [0.717, 1.165) is 24.1 Å². The van der Waals surface area contributed by atoms with Gasteiger partial charge in [-0.15, -0.1) is 0 Å². The topological polar surface area (TPSA) is 63.7 Å². The number of benzene rings is 1. The van der Waals surface area contributed by atoms with Crippen LogP contribution in [-0.2, 0) is 20.2 Å². The molecule has 2 aromatic heterocycles. The molecule has 0 atom stereocenters. The van der Waals surface area contributed by atoms with Crippen LogP contribution in [0.2, 0.25) is 5.02 Å². The quantitative estimate of drug-likeness (QED) is 0.520. The van der Waals surface area contributed by atoms with E-state index in [-0.39, 0.29) is 12.5 Å². The van der Waals surface area contributed by atoms with Crippen LogP contribution < -0.4 is 4.74 Å². The summed E-state index contributed by atoms with van der Waals surface area (Å²) in [4.78, 5) is 16.9. The molecule has 1 aliphatic heterocycles. The lowest BCUT2D eigenvalue weighted by Gasteiger charge is -2.34. The molecule has 3 aromatic rings. The van der Waals surface area contributed by atoms with Gasteiger partial charge in [0.05, 0.1) is 11.2 Å². The van der Waals surface area contributed by atoms with E-state index < -0.39 is 0 Å². The molecular weight excluding hydrogens is 472 g/mol. The van der Waals surface area contributed by atoms with Crippen LogP contribution in [0.1, 0.15) is 21.9 Å². The Hall–Kier alpha value is -2.29. The Kier molecular flexibility index (Phi) is 6.46. The summed E-state index contributed by atoms with van der Waals surface area (Å²) in [5.74, 6) is 1.38. The highest BCUT2D eigenvalue weighted by Gasteiger charge is 2.24. The van der Waals surface area contributed by atoms with Crippen LogP contribution >= 0.6 is 27.5 Å². The highest BCUT2D eigenvalue weighted by atomic mass is 79.9. The SMILES string of the molecule is Cn1cc(CN2CCN(C(=O)c3ccc(COc4ccc(Br)cc4Cl)o3)CC2)cn1. The molecule has 1 saturated heterocycles. The minimum absolute atomic E-state index is 0.0936. The smallest absolute Gasteiger partial charge is 0.289 e. The average Bonchev–Trinajstić information content (AvgIpc) is 3.36. The Morgan fingerprint density at radius 2 is 2.03 bits per heavy atom. The van der Waals surface area contributed by atoms with Crippen molar-refractivity contribution in [1.29, 1.82) is 0 Å². The minimum atomic E-state index is -0.0936. The number of piperazine rings is 1. The summed E-state index contributed by atoms with van der Waals surface area (Å²) in [7, 11) is 1.91. The van der Waals surface area contributed by atoms with E-state index in [2.05, 4.69) is 25.9 Å². The van der Waals surface area contributed by atoms with Crippen molar-refractivity contribution in [2.45, 2.75) is 13.2 Å². The van der Waals surface area contributed by atoms with E-state index in [0.29, 0.717) is 35.4 Å². The second kappa shape index (κ2) is 9.24. The fraction of sp³-hybridized carbons (Fsp3) is 0.333. The van der Waals surface area contributed by atoms with E-state index in [9.17, 15) is 4.79 Å². The summed E-state index contributed by atoms with van der Waals surface area (Å²) in [6.45, 7) is 4.02. The van der Waals surface area contributed by atoms with E-state index in [1.165, 1.54) is 5.56 Å². The van der Waals surface area contributed by atoms with Gasteiger partial charge in [0.2, 0.25) is 0 Å². The number of aromatic nitrogens is 2. The van der Waals surface area contributed by atoms with Gasteiger partial charge in [-0.3, -0.25) is 14.4 Å². The predicted octanol–water partition coefficient (Wildman–Crippen LogP) is 3.97. The molecule has 1 aromatic carbocycles. The lowest BCUT2D eigenvalue weighted by molar-refractivity contribution is 0.0594. The maximum absolute atomic E-state index is 12.8. The van der Waals surface area contributed by atoms with Crippen molar-refractivity contribution in [3.8, 4) is 5.75 Å². The zero-order valence-corrected chi connectivity index (χ0v) is 18.9. The van der Waals surface area contributed by atoms with E-state index >= 15 is 0 Å². The number of carbonyl (C=O) groups excluding carboxylic acids is 1. The van der Waals surface area contributed by atoms with E-state index in [4.69, 9.17) is 20.8 Å². The van der Waals surface area contributed by atoms with E-state index in [1.807, 2.05) is 30.4 Å². The fourth-order valence-corrected chi connectivity index (χ4v) is 4.12. The monoisotopic (exact) mass is 492 g/mol. The van der Waals surface area contributed by atoms with Gasteiger partial charge in [-0.2, -0.15) is 5.10 Å². The summed E-state index contributed by atoms with van der Waals surface area (Å²) in [6.07, 6.45) is 3.90. The number of furan rings is 1. The van der Waals surface area contributed by atoms with Crippen molar-refractivity contribution >= 4 is 33.4 Å². The third kappa shape index (κ3) is 5.06. The molecule has 9 heteroatoms. The highest BCUT2D eigenvalue weighted by molar-refractivity contribution is 9.10.